The van der Waals surface area contributed by atoms with Gasteiger partial charge in [0, 0.05) is 75.5 Å². The molecule has 0 amide bonds. The fourth-order valence-corrected chi connectivity index (χ4v) is 1.71. The third kappa shape index (κ3) is 12.3. The fraction of sp³-hybridized carbons (Fsp3) is 0.125. The Morgan fingerprint density at radius 3 is 2.03 bits per heavy atom. The summed E-state index contributed by atoms with van der Waals surface area (Å²) in [5.74, 6) is -0.0985. The quantitative estimate of drug-likeness (QED) is 0.335. The number of aryl methyl sites for hydroxylation is 2. The summed E-state index contributed by atoms with van der Waals surface area (Å²) in [5, 5.41) is 25.7. The van der Waals surface area contributed by atoms with Crippen LogP contribution in [0.1, 0.15) is 11.6 Å². The van der Waals surface area contributed by atoms with Crippen molar-refractivity contribution in [3.05, 3.63) is 68.9 Å². The van der Waals surface area contributed by atoms with E-state index in [0.29, 0.717) is 17.3 Å². The Hall–Kier alpha value is -1.41. The number of H-pyrrole nitrogens is 2. The second kappa shape index (κ2) is 17.2. The van der Waals surface area contributed by atoms with Gasteiger partial charge in [-0.3, -0.25) is 9.59 Å². The molecule has 0 atom stereocenters. The molecule has 31 heavy (non-hydrogen) atoms. The van der Waals surface area contributed by atoms with Crippen LogP contribution in [0.15, 0.2) is 61.0 Å². The average molecular weight is 501 g/mol. The number of halogens is 1. The maximum Gasteiger partial charge on any atom is 0.295 e. The number of aromatic hydroxyl groups is 2. The third-order valence-electron chi connectivity index (χ3n) is 2.92. The van der Waals surface area contributed by atoms with Crippen LogP contribution in [-0.4, -0.2) is 30.1 Å². The van der Waals surface area contributed by atoms with E-state index in [9.17, 15) is 14.7 Å². The number of benzene rings is 1. The van der Waals surface area contributed by atoms with Crippen molar-refractivity contribution in [1.82, 2.24) is 19.9 Å². The molecule has 2 aromatic heterocycles. The number of rotatable bonds is 2. The van der Waals surface area contributed by atoms with Gasteiger partial charge in [-0.25, -0.2) is 9.97 Å². The van der Waals surface area contributed by atoms with Crippen molar-refractivity contribution in [3.8, 4) is 11.5 Å². The summed E-state index contributed by atoms with van der Waals surface area (Å²) < 4.78 is 2.22. The molecular formula is C16H17Ar2ClN8O4. The predicted octanol–water partition coefficient (Wildman–Crippen LogP) is 3.15. The van der Waals surface area contributed by atoms with E-state index >= 15 is 0 Å². The van der Waals surface area contributed by atoms with Crippen LogP contribution in [0.4, 0.5) is 11.5 Å². The van der Waals surface area contributed by atoms with Crippen molar-refractivity contribution in [2.45, 2.75) is 13.8 Å². The molecule has 0 aliphatic rings. The van der Waals surface area contributed by atoms with Gasteiger partial charge in [0.2, 0.25) is 11.6 Å². The maximum absolute atomic E-state index is 11.2. The van der Waals surface area contributed by atoms with Gasteiger partial charge in [-0.2, -0.15) is 5.53 Å². The largest absolute Gasteiger partial charge is 0.502 e. The van der Waals surface area contributed by atoms with E-state index in [1.54, 1.807) is 26.0 Å². The SMILES string of the molecule is Cc1nc(N=Nc2ccccc2)c(O)c(=O)[nH]1.Cc1ncc(O)c(=O)[nH]1.N=NCl.[Ar].[Ar]. The summed E-state index contributed by atoms with van der Waals surface area (Å²) in [5.41, 5.74) is 5.09. The fourth-order valence-electron chi connectivity index (χ4n) is 1.71. The smallest absolute Gasteiger partial charge is 0.295 e. The zero-order chi connectivity index (χ0) is 21.8. The summed E-state index contributed by atoms with van der Waals surface area (Å²) in [4.78, 5) is 33.9. The minimum Gasteiger partial charge on any atom is -0.502 e. The molecule has 3 rings (SSSR count). The van der Waals surface area contributed by atoms with Gasteiger partial charge in [0.15, 0.2) is 5.75 Å². The van der Waals surface area contributed by atoms with Gasteiger partial charge in [-0.1, -0.05) is 22.8 Å². The van der Waals surface area contributed by atoms with Crippen LogP contribution in [0.25, 0.3) is 0 Å². The van der Waals surface area contributed by atoms with E-state index in [1.807, 2.05) is 18.2 Å². The number of azo groups is 1. The van der Waals surface area contributed by atoms with Crippen molar-refractivity contribution in [2.24, 2.45) is 14.9 Å². The van der Waals surface area contributed by atoms with Gasteiger partial charge < -0.3 is 20.2 Å². The Balaban J connectivity index is 0. The van der Waals surface area contributed by atoms with E-state index in [4.69, 9.17) is 10.6 Å². The molecule has 168 valence electrons. The summed E-state index contributed by atoms with van der Waals surface area (Å²) in [6.45, 7) is 3.24. The van der Waals surface area contributed by atoms with Crippen molar-refractivity contribution < 1.29 is 85.7 Å². The van der Waals surface area contributed by atoms with Crippen molar-refractivity contribution >= 4 is 23.3 Å². The topological polar surface area (TPSA) is 193 Å². The molecule has 15 heteroatoms. The van der Waals surface area contributed by atoms with Crippen LogP contribution in [0.2, 0.25) is 0 Å². The average Bonchev–Trinajstić information content (AvgIpc) is 2.68. The standard InChI is InChI=1S/C11H10N4O2.C5H6N2O2.2Ar.ClHN2/c1-7-12-10(9(16)11(17)13-7)15-14-8-5-3-2-4-6-8;1-3-6-2-4(8)5(9)7-3;;;1-3-2/h2-6,16H,1H3,(H,12,13,17);2,8H,1H3,(H,6,7,9);;;2H. The van der Waals surface area contributed by atoms with Crippen LogP contribution in [0.5, 0.6) is 11.5 Å². The van der Waals surface area contributed by atoms with E-state index < -0.39 is 16.9 Å². The second-order valence-corrected chi connectivity index (χ2v) is 5.30. The Bertz CT molecular complexity index is 1090. The normalized spacial score (nSPS) is 9.13. The number of aromatic nitrogens is 4. The number of nitrogens with zero attached hydrogens (tertiary/aromatic N) is 5. The summed E-state index contributed by atoms with van der Waals surface area (Å²) in [7, 11) is 0. The molecule has 1 aromatic carbocycles. The number of hydrogen-bond donors (Lipinski definition) is 5. The molecule has 0 unspecified atom stereocenters. The van der Waals surface area contributed by atoms with Crippen LogP contribution in [0.3, 0.4) is 0 Å². The molecule has 5 N–H and O–H groups in total. The minimum absolute atomic E-state index is 0. The molecule has 0 saturated heterocycles. The first kappa shape index (κ1) is 31.8. The molecule has 0 saturated carbocycles. The summed E-state index contributed by atoms with van der Waals surface area (Å²) in [6.07, 6.45) is 1.12. The second-order valence-electron chi connectivity index (χ2n) is 5.13. The van der Waals surface area contributed by atoms with Crippen LogP contribution < -0.4 is 11.1 Å². The van der Waals surface area contributed by atoms with E-state index in [-0.39, 0.29) is 87.0 Å². The molecule has 0 radical (unpaired) electrons. The molecule has 0 fully saturated rings. The Morgan fingerprint density at radius 1 is 0.968 bits per heavy atom. The monoisotopic (exact) mass is 500 g/mol. The number of aromatic amines is 2. The zero-order valence-electron chi connectivity index (χ0n) is 16.0. The van der Waals surface area contributed by atoms with Crippen molar-refractivity contribution in [2.75, 3.05) is 0 Å². The summed E-state index contributed by atoms with van der Waals surface area (Å²) >= 11 is 4.29. The molecule has 0 spiro atoms. The van der Waals surface area contributed by atoms with E-state index in [1.165, 1.54) is 0 Å². The Morgan fingerprint density at radius 2 is 1.52 bits per heavy atom. The van der Waals surface area contributed by atoms with Gasteiger partial charge in [0.25, 0.3) is 11.1 Å². The van der Waals surface area contributed by atoms with Crippen molar-refractivity contribution in [3.63, 3.8) is 0 Å². The minimum atomic E-state index is -0.625. The third-order valence-corrected chi connectivity index (χ3v) is 2.92. The van der Waals surface area contributed by atoms with Gasteiger partial charge >= 0.3 is 0 Å². The van der Waals surface area contributed by atoms with Crippen LogP contribution >= 0.6 is 11.8 Å². The number of nitrogens with one attached hydrogen (secondary N) is 3. The molecule has 0 aliphatic carbocycles. The van der Waals surface area contributed by atoms with Crippen LogP contribution in [-0.2, 0) is 0 Å². The Labute approximate surface area is 240 Å². The van der Waals surface area contributed by atoms with Gasteiger partial charge in [-0.05, 0) is 26.0 Å². The first-order valence-corrected chi connectivity index (χ1v) is 8.11. The maximum atomic E-state index is 11.2. The predicted molar refractivity (Wildman–Crippen MR) is 104 cm³/mol. The van der Waals surface area contributed by atoms with E-state index in [0.717, 1.165) is 6.20 Å². The first-order chi connectivity index (χ1) is 13.8. The Kier molecular flexibility index (Phi) is 17.6. The molecule has 3 aromatic rings. The van der Waals surface area contributed by atoms with Crippen molar-refractivity contribution in [1.29, 1.82) is 5.53 Å². The van der Waals surface area contributed by atoms with Crippen LogP contribution in [0, 0.1) is 94.9 Å². The molecular weight excluding hydrogens is 484 g/mol. The molecule has 2 heterocycles. The number of hydrogen-bond acceptors (Lipinski definition) is 10. The molecule has 12 nitrogen and oxygen atoms in total. The van der Waals surface area contributed by atoms with Gasteiger partial charge in [0.1, 0.15) is 11.6 Å². The van der Waals surface area contributed by atoms with Gasteiger partial charge in [0.05, 0.1) is 23.7 Å². The van der Waals surface area contributed by atoms with Gasteiger partial charge in [-0.15, -0.1) is 10.2 Å². The first-order valence-electron chi connectivity index (χ1n) is 7.77. The van der Waals surface area contributed by atoms with E-state index in [2.05, 4.69) is 46.6 Å². The molecule has 0 bridgehead atoms. The molecule has 0 aliphatic heterocycles. The zero-order valence-corrected chi connectivity index (χ0v) is 18.2. The summed E-state index contributed by atoms with van der Waals surface area (Å²) in [6, 6.07) is 8.97.